The fourth-order valence-electron chi connectivity index (χ4n) is 1.09. The van der Waals surface area contributed by atoms with E-state index in [1.807, 2.05) is 19.9 Å². The minimum atomic E-state index is 0.0454. The Balaban J connectivity index is 2.54. The van der Waals surface area contributed by atoms with Crippen LogP contribution < -0.4 is 5.32 Å². The number of rotatable bonds is 4. The SMILES string of the molecule is Cc1cc(C(=O)NCC(C)CBr)sc1C. The number of nitrogens with one attached hydrogen (secondary N) is 1. The number of hydrogen-bond donors (Lipinski definition) is 1. The summed E-state index contributed by atoms with van der Waals surface area (Å²) in [7, 11) is 0. The molecule has 1 aromatic heterocycles. The molecule has 1 N–H and O–H groups in total. The number of alkyl halides is 1. The maximum atomic E-state index is 11.7. The van der Waals surface area contributed by atoms with E-state index >= 15 is 0 Å². The molecule has 1 rings (SSSR count). The molecular formula is C11H16BrNOS. The van der Waals surface area contributed by atoms with Crippen LogP contribution >= 0.6 is 27.3 Å². The van der Waals surface area contributed by atoms with Gasteiger partial charge in [0, 0.05) is 16.8 Å². The van der Waals surface area contributed by atoms with Gasteiger partial charge in [0.05, 0.1) is 4.88 Å². The van der Waals surface area contributed by atoms with E-state index in [-0.39, 0.29) is 5.91 Å². The van der Waals surface area contributed by atoms with Gasteiger partial charge in [0.2, 0.25) is 0 Å². The third kappa shape index (κ3) is 3.61. The lowest BCUT2D eigenvalue weighted by Crippen LogP contribution is -2.28. The van der Waals surface area contributed by atoms with Crippen LogP contribution in [0.1, 0.15) is 27.0 Å². The second-order valence-corrected chi connectivity index (χ2v) is 5.72. The molecule has 0 saturated heterocycles. The van der Waals surface area contributed by atoms with E-state index in [1.165, 1.54) is 10.4 Å². The van der Waals surface area contributed by atoms with Crippen LogP contribution in [0.15, 0.2) is 6.07 Å². The maximum absolute atomic E-state index is 11.7. The van der Waals surface area contributed by atoms with Gasteiger partial charge in [0.25, 0.3) is 5.91 Å². The molecule has 1 amide bonds. The fraction of sp³-hybridized carbons (Fsp3) is 0.545. The molecule has 0 aromatic carbocycles. The molecule has 0 aliphatic heterocycles. The smallest absolute Gasteiger partial charge is 0.261 e. The van der Waals surface area contributed by atoms with E-state index in [2.05, 4.69) is 28.2 Å². The molecule has 0 fully saturated rings. The summed E-state index contributed by atoms with van der Waals surface area (Å²) in [5.74, 6) is 0.514. The normalized spacial score (nSPS) is 12.5. The van der Waals surface area contributed by atoms with Gasteiger partial charge < -0.3 is 5.32 Å². The second kappa shape index (κ2) is 5.66. The zero-order valence-corrected chi connectivity index (χ0v) is 11.7. The summed E-state index contributed by atoms with van der Waals surface area (Å²) >= 11 is 4.95. The fourth-order valence-corrected chi connectivity index (χ4v) is 2.27. The first kappa shape index (κ1) is 12.7. The lowest BCUT2D eigenvalue weighted by Gasteiger charge is -2.07. The molecule has 1 aromatic rings. The monoisotopic (exact) mass is 289 g/mol. The van der Waals surface area contributed by atoms with Gasteiger partial charge in [0.1, 0.15) is 0 Å². The molecule has 4 heteroatoms. The summed E-state index contributed by atoms with van der Waals surface area (Å²) < 4.78 is 0. The van der Waals surface area contributed by atoms with Crippen molar-refractivity contribution in [1.29, 1.82) is 0 Å². The van der Waals surface area contributed by atoms with Crippen LogP contribution in [0.2, 0.25) is 0 Å². The van der Waals surface area contributed by atoms with Crippen LogP contribution in [-0.4, -0.2) is 17.8 Å². The molecule has 2 nitrogen and oxygen atoms in total. The van der Waals surface area contributed by atoms with Gasteiger partial charge in [-0.3, -0.25) is 4.79 Å². The Morgan fingerprint density at radius 3 is 2.73 bits per heavy atom. The third-order valence-corrected chi connectivity index (χ3v) is 4.52. The van der Waals surface area contributed by atoms with E-state index in [1.54, 1.807) is 11.3 Å². The van der Waals surface area contributed by atoms with Gasteiger partial charge >= 0.3 is 0 Å². The van der Waals surface area contributed by atoms with Crippen molar-refractivity contribution in [2.45, 2.75) is 20.8 Å². The second-order valence-electron chi connectivity index (χ2n) is 3.82. The number of hydrogen-bond acceptors (Lipinski definition) is 2. The van der Waals surface area contributed by atoms with Crippen molar-refractivity contribution in [1.82, 2.24) is 5.32 Å². The number of carbonyl (C=O) groups is 1. The van der Waals surface area contributed by atoms with Crippen LogP contribution in [0.3, 0.4) is 0 Å². The Kier molecular flexibility index (Phi) is 4.80. The molecular weight excluding hydrogens is 274 g/mol. The molecule has 0 spiro atoms. The van der Waals surface area contributed by atoms with E-state index in [0.717, 1.165) is 16.8 Å². The quantitative estimate of drug-likeness (QED) is 0.848. The topological polar surface area (TPSA) is 29.1 Å². The summed E-state index contributed by atoms with van der Waals surface area (Å²) in [5, 5.41) is 3.84. The minimum absolute atomic E-state index is 0.0454. The van der Waals surface area contributed by atoms with Gasteiger partial charge in [-0.1, -0.05) is 22.9 Å². The van der Waals surface area contributed by atoms with Crippen LogP contribution in [0.5, 0.6) is 0 Å². The number of carbonyl (C=O) groups excluding carboxylic acids is 1. The minimum Gasteiger partial charge on any atom is -0.351 e. The van der Waals surface area contributed by atoms with Crippen molar-refractivity contribution in [2.24, 2.45) is 5.92 Å². The first-order valence-electron chi connectivity index (χ1n) is 4.95. The van der Waals surface area contributed by atoms with Gasteiger partial charge in [-0.2, -0.15) is 0 Å². The van der Waals surface area contributed by atoms with Crippen molar-refractivity contribution in [3.63, 3.8) is 0 Å². The Morgan fingerprint density at radius 1 is 1.60 bits per heavy atom. The lowest BCUT2D eigenvalue weighted by atomic mass is 10.2. The highest BCUT2D eigenvalue weighted by molar-refractivity contribution is 9.09. The predicted octanol–water partition coefficient (Wildman–Crippen LogP) is 3.13. The lowest BCUT2D eigenvalue weighted by molar-refractivity contribution is 0.0953. The highest BCUT2D eigenvalue weighted by Crippen LogP contribution is 2.20. The molecule has 1 unspecified atom stereocenters. The van der Waals surface area contributed by atoms with E-state index in [9.17, 15) is 4.79 Å². The highest BCUT2D eigenvalue weighted by Gasteiger charge is 2.10. The molecule has 0 aliphatic carbocycles. The van der Waals surface area contributed by atoms with E-state index in [0.29, 0.717) is 5.92 Å². The third-order valence-electron chi connectivity index (χ3n) is 2.26. The number of aryl methyl sites for hydroxylation is 2. The molecule has 0 aliphatic rings. The van der Waals surface area contributed by atoms with Gasteiger partial charge in [-0.25, -0.2) is 0 Å². The number of halogens is 1. The van der Waals surface area contributed by atoms with Crippen molar-refractivity contribution >= 4 is 33.2 Å². The molecule has 1 heterocycles. The summed E-state index contributed by atoms with van der Waals surface area (Å²) in [6.45, 7) is 6.89. The first-order chi connectivity index (χ1) is 7.04. The molecule has 0 saturated carbocycles. The van der Waals surface area contributed by atoms with Gasteiger partial charge in [-0.05, 0) is 31.4 Å². The number of amides is 1. The van der Waals surface area contributed by atoms with Crippen molar-refractivity contribution in [2.75, 3.05) is 11.9 Å². The molecule has 0 radical (unpaired) electrons. The Labute approximate surface area is 103 Å². The largest absolute Gasteiger partial charge is 0.351 e. The summed E-state index contributed by atoms with van der Waals surface area (Å²) in [6, 6.07) is 1.95. The van der Waals surface area contributed by atoms with E-state index in [4.69, 9.17) is 0 Å². The Morgan fingerprint density at radius 2 is 2.27 bits per heavy atom. The Bertz CT molecular complexity index is 329. The molecule has 84 valence electrons. The molecule has 15 heavy (non-hydrogen) atoms. The average Bonchev–Trinajstić information content (AvgIpc) is 2.55. The zero-order valence-electron chi connectivity index (χ0n) is 9.26. The first-order valence-corrected chi connectivity index (χ1v) is 6.89. The summed E-state index contributed by atoms with van der Waals surface area (Å²) in [6.07, 6.45) is 0. The Hall–Kier alpha value is -0.350. The van der Waals surface area contributed by atoms with Crippen molar-refractivity contribution in [3.05, 3.63) is 21.4 Å². The van der Waals surface area contributed by atoms with Gasteiger partial charge in [0.15, 0.2) is 0 Å². The van der Waals surface area contributed by atoms with Crippen LogP contribution in [0, 0.1) is 19.8 Å². The van der Waals surface area contributed by atoms with Gasteiger partial charge in [-0.15, -0.1) is 11.3 Å². The van der Waals surface area contributed by atoms with Crippen molar-refractivity contribution in [3.8, 4) is 0 Å². The molecule has 1 atom stereocenters. The van der Waals surface area contributed by atoms with Crippen LogP contribution in [0.4, 0.5) is 0 Å². The van der Waals surface area contributed by atoms with Crippen LogP contribution in [0.25, 0.3) is 0 Å². The number of thiophene rings is 1. The summed E-state index contributed by atoms with van der Waals surface area (Å²) in [4.78, 5) is 13.7. The van der Waals surface area contributed by atoms with Crippen molar-refractivity contribution < 1.29 is 4.79 Å². The maximum Gasteiger partial charge on any atom is 0.261 e. The van der Waals surface area contributed by atoms with E-state index < -0.39 is 0 Å². The van der Waals surface area contributed by atoms with Crippen LogP contribution in [-0.2, 0) is 0 Å². The summed E-state index contributed by atoms with van der Waals surface area (Å²) in [5.41, 5.74) is 1.19. The zero-order chi connectivity index (χ0) is 11.4. The highest BCUT2D eigenvalue weighted by atomic mass is 79.9. The average molecular weight is 290 g/mol. The predicted molar refractivity (Wildman–Crippen MR) is 69.1 cm³/mol. The molecule has 0 bridgehead atoms. The standard InChI is InChI=1S/C11H16BrNOS/c1-7(5-12)6-13-11(14)10-4-8(2)9(3)15-10/h4,7H,5-6H2,1-3H3,(H,13,14).